The van der Waals surface area contributed by atoms with Crippen molar-refractivity contribution in [3.63, 3.8) is 0 Å². The number of pyridine rings is 1. The van der Waals surface area contributed by atoms with Gasteiger partial charge in [-0.15, -0.1) is 10.2 Å². The van der Waals surface area contributed by atoms with E-state index >= 15 is 0 Å². The molecule has 5 rings (SSSR count). The Kier molecular flexibility index (Phi) is 7.67. The summed E-state index contributed by atoms with van der Waals surface area (Å²) in [5, 5.41) is 25.0. The van der Waals surface area contributed by atoms with Crippen molar-refractivity contribution in [3.05, 3.63) is 54.6 Å². The van der Waals surface area contributed by atoms with Crippen molar-refractivity contribution in [2.24, 2.45) is 7.05 Å². The second-order valence-electron chi connectivity index (χ2n) is 8.83. The first kappa shape index (κ1) is 26.0. The predicted octanol–water partition coefficient (Wildman–Crippen LogP) is 4.32. The maximum absolute atomic E-state index is 13.5. The lowest BCUT2D eigenvalue weighted by Crippen LogP contribution is -2.40. The van der Waals surface area contributed by atoms with E-state index in [4.69, 9.17) is 9.90 Å². The van der Waals surface area contributed by atoms with Crippen LogP contribution < -0.4 is 5.32 Å². The minimum absolute atomic E-state index is 0.235. The molecule has 0 bridgehead atoms. The molecule has 0 amide bonds. The van der Waals surface area contributed by atoms with Crippen LogP contribution in [-0.4, -0.2) is 67.6 Å². The van der Waals surface area contributed by atoms with E-state index in [0.29, 0.717) is 28.2 Å². The van der Waals surface area contributed by atoms with Crippen LogP contribution >= 0.6 is 0 Å². The Bertz CT molecular complexity index is 1390. The smallest absolute Gasteiger partial charge is 0.416 e. The fourth-order valence-electron chi connectivity index (χ4n) is 4.51. The number of aromatic nitrogens is 5. The third-order valence-electron chi connectivity index (χ3n) is 6.16. The highest BCUT2D eigenvalue weighted by Gasteiger charge is 2.32. The van der Waals surface area contributed by atoms with Gasteiger partial charge in [-0.25, -0.2) is 0 Å². The number of likely N-dealkylation sites (tertiary alicyclic amines) is 1. The Balaban J connectivity index is 0.00000102. The van der Waals surface area contributed by atoms with Crippen molar-refractivity contribution >= 4 is 23.1 Å². The van der Waals surface area contributed by atoms with Crippen LogP contribution in [0.1, 0.15) is 18.4 Å². The summed E-state index contributed by atoms with van der Waals surface area (Å²) in [7, 11) is 3.81. The highest BCUT2D eigenvalue weighted by Crippen LogP contribution is 2.39. The molecule has 4 aromatic rings. The van der Waals surface area contributed by atoms with E-state index < -0.39 is 11.7 Å². The summed E-state index contributed by atoms with van der Waals surface area (Å²) in [6.45, 7) is 1.71. The molecule has 12 heteroatoms. The van der Waals surface area contributed by atoms with Crippen LogP contribution in [0.5, 0.6) is 0 Å². The van der Waals surface area contributed by atoms with E-state index in [2.05, 4.69) is 37.5 Å². The zero-order valence-electron chi connectivity index (χ0n) is 20.3. The van der Waals surface area contributed by atoms with Crippen LogP contribution in [0.15, 0.2) is 49.1 Å². The van der Waals surface area contributed by atoms with Crippen LogP contribution in [0.2, 0.25) is 0 Å². The summed E-state index contributed by atoms with van der Waals surface area (Å²) < 4.78 is 42.1. The maximum atomic E-state index is 13.5. The molecule has 1 aromatic carbocycles. The van der Waals surface area contributed by atoms with Crippen LogP contribution in [0, 0.1) is 0 Å². The number of halogens is 3. The number of fused-ring (bicyclic) bond motifs is 1. The largest absolute Gasteiger partial charge is 0.483 e. The van der Waals surface area contributed by atoms with E-state index in [9.17, 15) is 13.2 Å². The fourth-order valence-corrected chi connectivity index (χ4v) is 4.51. The van der Waals surface area contributed by atoms with Crippen molar-refractivity contribution in [1.29, 1.82) is 0 Å². The zero-order valence-corrected chi connectivity index (χ0v) is 20.3. The molecule has 0 aliphatic carbocycles. The molecule has 1 saturated heterocycles. The van der Waals surface area contributed by atoms with Gasteiger partial charge in [-0.05, 0) is 50.2 Å². The molecule has 0 saturated carbocycles. The lowest BCUT2D eigenvalue weighted by molar-refractivity contribution is -0.137. The summed E-state index contributed by atoms with van der Waals surface area (Å²) >= 11 is 0. The van der Waals surface area contributed by atoms with E-state index in [-0.39, 0.29) is 12.5 Å². The number of hydrogen-bond donors (Lipinski definition) is 2. The minimum atomic E-state index is -4.46. The number of carboxylic acid groups (broad SMARTS) is 1. The van der Waals surface area contributed by atoms with Gasteiger partial charge in [0.25, 0.3) is 6.47 Å². The number of hydrogen-bond acceptors (Lipinski definition) is 7. The molecule has 0 radical (unpaired) electrons. The van der Waals surface area contributed by atoms with Crippen LogP contribution in [0.4, 0.5) is 19.0 Å². The van der Waals surface area contributed by atoms with Gasteiger partial charge in [-0.3, -0.25) is 14.5 Å². The van der Waals surface area contributed by atoms with Gasteiger partial charge in [-0.1, -0.05) is 6.07 Å². The van der Waals surface area contributed by atoms with Crippen molar-refractivity contribution in [2.45, 2.75) is 25.1 Å². The molecule has 194 valence electrons. The quantitative estimate of drug-likeness (QED) is 0.389. The third kappa shape index (κ3) is 5.85. The Morgan fingerprint density at radius 2 is 1.89 bits per heavy atom. The highest BCUT2D eigenvalue weighted by atomic mass is 19.4. The van der Waals surface area contributed by atoms with Gasteiger partial charge in [0.15, 0.2) is 5.82 Å². The Hall–Kier alpha value is -4.06. The van der Waals surface area contributed by atoms with Crippen LogP contribution in [-0.2, 0) is 18.0 Å². The van der Waals surface area contributed by atoms with Crippen molar-refractivity contribution in [3.8, 4) is 22.4 Å². The molecule has 1 atom stereocenters. The number of rotatable bonds is 4. The number of anilines is 1. The number of alkyl halides is 3. The van der Waals surface area contributed by atoms with E-state index in [1.807, 2.05) is 6.07 Å². The summed E-state index contributed by atoms with van der Waals surface area (Å²) in [5.41, 5.74) is 1.28. The lowest BCUT2D eigenvalue weighted by atomic mass is 9.95. The highest BCUT2D eigenvalue weighted by molar-refractivity contribution is 6.02. The average molecular weight is 514 g/mol. The molecule has 4 heterocycles. The fraction of sp³-hybridized carbons (Fsp3) is 0.320. The number of likely N-dealkylation sites (N-methyl/N-ethyl adjacent to an activating group) is 1. The molecule has 3 aromatic heterocycles. The summed E-state index contributed by atoms with van der Waals surface area (Å²) in [5.74, 6) is 0.627. The number of benzene rings is 1. The summed E-state index contributed by atoms with van der Waals surface area (Å²) in [4.78, 5) is 14.9. The summed E-state index contributed by atoms with van der Waals surface area (Å²) in [6.07, 6.45) is 4.26. The molecule has 0 unspecified atom stereocenters. The van der Waals surface area contributed by atoms with Crippen LogP contribution in [0.3, 0.4) is 0 Å². The molecule has 1 aliphatic rings. The number of aryl methyl sites for hydroxylation is 1. The summed E-state index contributed by atoms with van der Waals surface area (Å²) in [6, 6.07) is 5.73. The average Bonchev–Trinajstić information content (AvgIpc) is 3.30. The molecule has 1 aliphatic heterocycles. The van der Waals surface area contributed by atoms with E-state index in [0.717, 1.165) is 48.8 Å². The van der Waals surface area contributed by atoms with Gasteiger partial charge in [0.2, 0.25) is 0 Å². The Morgan fingerprint density at radius 1 is 1.11 bits per heavy atom. The molecule has 0 spiro atoms. The normalized spacial score (nSPS) is 16.2. The zero-order chi connectivity index (χ0) is 26.6. The molecular weight excluding hydrogens is 487 g/mol. The first-order valence-corrected chi connectivity index (χ1v) is 11.5. The second-order valence-corrected chi connectivity index (χ2v) is 8.83. The number of piperidine rings is 1. The Morgan fingerprint density at radius 3 is 2.57 bits per heavy atom. The van der Waals surface area contributed by atoms with Gasteiger partial charge in [0, 0.05) is 60.1 Å². The lowest BCUT2D eigenvalue weighted by Gasteiger charge is -2.30. The number of nitrogens with one attached hydrogen (secondary N) is 1. The Labute approximate surface area is 211 Å². The van der Waals surface area contributed by atoms with Gasteiger partial charge >= 0.3 is 6.18 Å². The van der Waals surface area contributed by atoms with E-state index in [1.165, 1.54) is 6.07 Å². The second kappa shape index (κ2) is 10.9. The third-order valence-corrected chi connectivity index (χ3v) is 6.16. The molecular formula is C25H26F3N7O2. The van der Waals surface area contributed by atoms with Gasteiger partial charge in [-0.2, -0.15) is 18.3 Å². The maximum Gasteiger partial charge on any atom is 0.416 e. The minimum Gasteiger partial charge on any atom is -0.483 e. The van der Waals surface area contributed by atoms with Gasteiger partial charge < -0.3 is 15.3 Å². The first-order chi connectivity index (χ1) is 17.7. The number of nitrogens with zero attached hydrogens (tertiary/aromatic N) is 6. The first-order valence-electron chi connectivity index (χ1n) is 11.5. The SMILES string of the molecule is CN1CCC[C@@H](Nc2nnc(-c3ccc(C(F)(F)F)cc3-c3cnn(C)c3)c3ccncc23)C1.O=CO. The molecule has 2 N–H and O–H groups in total. The number of carbonyl (C=O) groups is 1. The topological polar surface area (TPSA) is 109 Å². The standard InChI is InChI=1S/C24H24F3N7.CH2O2/c1-33-9-3-4-17(14-33)30-23-21-12-28-8-7-19(21)22(31-32-23)18-6-5-16(24(25,26)27)10-20(18)15-11-29-34(2)13-15;2-1-3/h5-8,10-13,17H,3-4,9,14H2,1-2H3,(H,30,32);1H,(H,2,3)/t17-;/m1./s1. The molecule has 37 heavy (non-hydrogen) atoms. The van der Waals surface area contributed by atoms with Crippen molar-refractivity contribution in [1.82, 2.24) is 29.9 Å². The van der Waals surface area contributed by atoms with Crippen LogP contribution in [0.25, 0.3) is 33.2 Å². The molecule has 1 fully saturated rings. The predicted molar refractivity (Wildman–Crippen MR) is 133 cm³/mol. The van der Waals surface area contributed by atoms with E-state index in [1.54, 1.807) is 36.5 Å². The monoisotopic (exact) mass is 513 g/mol. The van der Waals surface area contributed by atoms with Crippen molar-refractivity contribution < 1.29 is 23.1 Å². The van der Waals surface area contributed by atoms with Gasteiger partial charge in [0.05, 0.1) is 11.8 Å². The molecule has 9 nitrogen and oxygen atoms in total. The van der Waals surface area contributed by atoms with Gasteiger partial charge in [0.1, 0.15) is 5.69 Å². The van der Waals surface area contributed by atoms with Crippen molar-refractivity contribution in [2.75, 3.05) is 25.5 Å².